The van der Waals surface area contributed by atoms with Crippen molar-refractivity contribution in [3.8, 4) is 17.2 Å². The molecule has 0 heterocycles. The van der Waals surface area contributed by atoms with Gasteiger partial charge in [0.05, 0.1) is 30.9 Å². The number of aryl methyl sites for hydroxylation is 1. The fourth-order valence-corrected chi connectivity index (χ4v) is 3.54. The Morgan fingerprint density at radius 3 is 2.27 bits per heavy atom. The molecule has 0 amide bonds. The second-order valence-corrected chi connectivity index (χ2v) is 7.47. The van der Waals surface area contributed by atoms with Gasteiger partial charge in [-0.2, -0.15) is 0 Å². The molecule has 0 saturated carbocycles. The maximum atomic E-state index is 12.8. The van der Waals surface area contributed by atoms with E-state index >= 15 is 0 Å². The van der Waals surface area contributed by atoms with E-state index < -0.39 is 10.0 Å². The molecule has 0 aliphatic rings. The van der Waals surface area contributed by atoms with Crippen molar-refractivity contribution >= 4 is 27.3 Å². The topological polar surface area (TPSA) is 73.9 Å². The average Bonchev–Trinajstić information content (AvgIpc) is 2.59. The van der Waals surface area contributed by atoms with Gasteiger partial charge in [0.2, 0.25) is 0 Å². The molecule has 8 heteroatoms. The van der Waals surface area contributed by atoms with Crippen LogP contribution < -0.4 is 18.9 Å². The van der Waals surface area contributed by atoms with E-state index in [4.69, 9.17) is 25.8 Å². The highest BCUT2D eigenvalue weighted by Crippen LogP contribution is 2.34. The van der Waals surface area contributed by atoms with E-state index in [2.05, 4.69) is 4.72 Å². The molecular weight excluding hydrogens is 378 g/mol. The molecule has 2 aromatic rings. The monoisotopic (exact) mass is 399 g/mol. The smallest absolute Gasteiger partial charge is 0.262 e. The summed E-state index contributed by atoms with van der Waals surface area (Å²) >= 11 is 6.07. The van der Waals surface area contributed by atoms with E-state index in [1.165, 1.54) is 19.2 Å². The Hall–Kier alpha value is -2.12. The Morgan fingerprint density at radius 1 is 1.00 bits per heavy atom. The molecule has 0 aliphatic heterocycles. The van der Waals surface area contributed by atoms with Gasteiger partial charge in [-0.1, -0.05) is 11.6 Å². The fourth-order valence-electron chi connectivity index (χ4n) is 2.31. The van der Waals surface area contributed by atoms with Crippen molar-refractivity contribution in [1.82, 2.24) is 0 Å². The number of hydrogen-bond donors (Lipinski definition) is 1. The molecule has 0 fully saturated rings. The Labute approximate surface area is 159 Å². The van der Waals surface area contributed by atoms with Gasteiger partial charge in [-0.15, -0.1) is 0 Å². The van der Waals surface area contributed by atoms with Gasteiger partial charge in [0, 0.05) is 17.2 Å². The van der Waals surface area contributed by atoms with Crippen LogP contribution >= 0.6 is 11.6 Å². The Morgan fingerprint density at radius 2 is 1.65 bits per heavy atom. The molecule has 0 unspecified atom stereocenters. The third kappa shape index (κ3) is 4.53. The van der Waals surface area contributed by atoms with Crippen LogP contribution in [-0.4, -0.2) is 28.7 Å². The predicted molar refractivity (Wildman–Crippen MR) is 102 cm³/mol. The van der Waals surface area contributed by atoms with Crippen molar-refractivity contribution in [2.24, 2.45) is 0 Å². The van der Waals surface area contributed by atoms with E-state index in [-0.39, 0.29) is 4.90 Å². The SMILES string of the molecule is CCOc1ccc(S(=O)(=O)Nc2cc(C)c(Cl)cc2OC)cc1OCC. The lowest BCUT2D eigenvalue weighted by atomic mass is 10.2. The number of rotatable bonds is 8. The summed E-state index contributed by atoms with van der Waals surface area (Å²) in [7, 11) is -2.41. The summed E-state index contributed by atoms with van der Waals surface area (Å²) < 4.78 is 44.3. The maximum Gasteiger partial charge on any atom is 0.262 e. The minimum Gasteiger partial charge on any atom is -0.495 e. The van der Waals surface area contributed by atoms with Crippen LogP contribution in [0.3, 0.4) is 0 Å². The molecule has 0 aliphatic carbocycles. The predicted octanol–water partition coefficient (Wildman–Crippen LogP) is 4.26. The number of ether oxygens (including phenoxy) is 3. The van der Waals surface area contributed by atoms with Gasteiger partial charge < -0.3 is 14.2 Å². The van der Waals surface area contributed by atoms with Crippen molar-refractivity contribution < 1.29 is 22.6 Å². The summed E-state index contributed by atoms with van der Waals surface area (Å²) in [4.78, 5) is 0.0547. The number of halogens is 1. The van der Waals surface area contributed by atoms with Gasteiger partial charge in [0.1, 0.15) is 5.75 Å². The highest BCUT2D eigenvalue weighted by atomic mass is 35.5. The van der Waals surface area contributed by atoms with Gasteiger partial charge in [-0.05, 0) is 44.5 Å². The molecule has 0 saturated heterocycles. The molecule has 2 aromatic carbocycles. The third-order valence-corrected chi connectivity index (χ3v) is 5.32. The molecule has 0 atom stereocenters. The normalized spacial score (nSPS) is 11.1. The number of benzene rings is 2. The van der Waals surface area contributed by atoms with Crippen LogP contribution in [0.25, 0.3) is 0 Å². The number of methoxy groups -OCH3 is 1. The highest BCUT2D eigenvalue weighted by molar-refractivity contribution is 7.92. The van der Waals surface area contributed by atoms with Crippen LogP contribution in [0.4, 0.5) is 5.69 Å². The van der Waals surface area contributed by atoms with E-state index in [0.29, 0.717) is 41.2 Å². The Kier molecular flexibility index (Phi) is 6.61. The zero-order valence-corrected chi connectivity index (χ0v) is 16.7. The molecule has 0 bridgehead atoms. The van der Waals surface area contributed by atoms with E-state index in [9.17, 15) is 8.42 Å². The number of nitrogens with one attached hydrogen (secondary N) is 1. The van der Waals surface area contributed by atoms with Gasteiger partial charge >= 0.3 is 0 Å². The standard InChI is InChI=1S/C18H22ClNO5S/c1-5-24-16-8-7-13(10-18(16)25-6-2)26(21,22)20-15-9-12(3)14(19)11-17(15)23-4/h7-11,20H,5-6H2,1-4H3. The van der Waals surface area contributed by atoms with Gasteiger partial charge in [-0.25, -0.2) is 8.42 Å². The lowest BCUT2D eigenvalue weighted by Gasteiger charge is -2.15. The molecule has 2 rings (SSSR count). The van der Waals surface area contributed by atoms with Crippen molar-refractivity contribution in [3.63, 3.8) is 0 Å². The first-order valence-corrected chi connectivity index (χ1v) is 9.95. The van der Waals surface area contributed by atoms with E-state index in [0.717, 1.165) is 5.56 Å². The third-order valence-electron chi connectivity index (χ3n) is 3.55. The van der Waals surface area contributed by atoms with Crippen LogP contribution in [0.15, 0.2) is 35.2 Å². The first kappa shape index (κ1) is 20.2. The largest absolute Gasteiger partial charge is 0.495 e. The van der Waals surface area contributed by atoms with E-state index in [1.54, 1.807) is 25.1 Å². The van der Waals surface area contributed by atoms with Crippen molar-refractivity contribution in [1.29, 1.82) is 0 Å². The molecule has 0 spiro atoms. The van der Waals surface area contributed by atoms with Crippen molar-refractivity contribution in [2.45, 2.75) is 25.7 Å². The molecule has 0 radical (unpaired) electrons. The van der Waals surface area contributed by atoms with Crippen LogP contribution in [0, 0.1) is 6.92 Å². The molecule has 0 aromatic heterocycles. The Bertz CT molecular complexity index is 883. The number of anilines is 1. The number of sulfonamides is 1. The lowest BCUT2D eigenvalue weighted by molar-refractivity contribution is 0.287. The van der Waals surface area contributed by atoms with Crippen LogP contribution in [-0.2, 0) is 10.0 Å². The second-order valence-electron chi connectivity index (χ2n) is 5.38. The fraction of sp³-hybridized carbons (Fsp3) is 0.333. The molecule has 142 valence electrons. The van der Waals surface area contributed by atoms with Gasteiger partial charge in [-0.3, -0.25) is 4.72 Å². The van der Waals surface area contributed by atoms with Crippen molar-refractivity contribution in [3.05, 3.63) is 40.9 Å². The van der Waals surface area contributed by atoms with Crippen LogP contribution in [0.5, 0.6) is 17.2 Å². The summed E-state index contributed by atoms with van der Waals surface area (Å²) in [6.45, 7) is 6.28. The summed E-state index contributed by atoms with van der Waals surface area (Å²) in [6.07, 6.45) is 0. The van der Waals surface area contributed by atoms with E-state index in [1.807, 2.05) is 13.8 Å². The zero-order valence-electron chi connectivity index (χ0n) is 15.1. The van der Waals surface area contributed by atoms with Gasteiger partial charge in [0.25, 0.3) is 10.0 Å². The summed E-state index contributed by atoms with van der Waals surface area (Å²) in [5.41, 5.74) is 1.04. The molecule has 26 heavy (non-hydrogen) atoms. The summed E-state index contributed by atoms with van der Waals surface area (Å²) in [5, 5.41) is 0.490. The molecule has 6 nitrogen and oxygen atoms in total. The minimum absolute atomic E-state index is 0.0547. The first-order chi connectivity index (χ1) is 12.3. The highest BCUT2D eigenvalue weighted by Gasteiger charge is 2.20. The number of hydrogen-bond acceptors (Lipinski definition) is 5. The quantitative estimate of drug-likeness (QED) is 0.718. The van der Waals surface area contributed by atoms with Crippen molar-refractivity contribution in [2.75, 3.05) is 25.0 Å². The molecule has 1 N–H and O–H groups in total. The average molecular weight is 400 g/mol. The van der Waals surface area contributed by atoms with Crippen LogP contribution in [0.1, 0.15) is 19.4 Å². The Balaban J connectivity index is 2.42. The first-order valence-electron chi connectivity index (χ1n) is 8.09. The molecular formula is C18H22ClNO5S. The maximum absolute atomic E-state index is 12.8. The second kappa shape index (κ2) is 8.51. The van der Waals surface area contributed by atoms with Crippen LogP contribution in [0.2, 0.25) is 5.02 Å². The lowest BCUT2D eigenvalue weighted by Crippen LogP contribution is -2.14. The zero-order chi connectivity index (χ0) is 19.3. The summed E-state index contributed by atoms with van der Waals surface area (Å²) in [6, 6.07) is 7.67. The summed E-state index contributed by atoms with van der Waals surface area (Å²) in [5.74, 6) is 1.20. The van der Waals surface area contributed by atoms with Gasteiger partial charge in [0.15, 0.2) is 11.5 Å². The minimum atomic E-state index is -3.86.